The second kappa shape index (κ2) is 6.61. The summed E-state index contributed by atoms with van der Waals surface area (Å²) in [7, 11) is -3.49. The minimum absolute atomic E-state index is 0.0297. The first kappa shape index (κ1) is 16.0. The van der Waals surface area contributed by atoms with Crippen LogP contribution in [0.25, 0.3) is 0 Å². The van der Waals surface area contributed by atoms with Gasteiger partial charge in [-0.15, -0.1) is 0 Å². The zero-order chi connectivity index (χ0) is 15.5. The van der Waals surface area contributed by atoms with Crippen molar-refractivity contribution < 1.29 is 13.5 Å². The van der Waals surface area contributed by atoms with Crippen LogP contribution in [0.15, 0.2) is 23.1 Å². The van der Waals surface area contributed by atoms with Crippen molar-refractivity contribution in [2.45, 2.75) is 44.0 Å². The number of aliphatic hydroxyl groups is 1. The predicted molar refractivity (Wildman–Crippen MR) is 82.3 cm³/mol. The average molecular weight is 307 g/mol. The van der Waals surface area contributed by atoms with Gasteiger partial charge in [-0.1, -0.05) is 18.3 Å². The average Bonchev–Trinajstić information content (AvgIpc) is 2.34. The van der Waals surface area contributed by atoms with Gasteiger partial charge in [0.2, 0.25) is 10.0 Å². The number of nitrogens with one attached hydrogen (secondary N) is 1. The zero-order valence-electron chi connectivity index (χ0n) is 12.4. The van der Waals surface area contributed by atoms with E-state index in [-0.39, 0.29) is 17.5 Å². The molecule has 0 aromatic heterocycles. The number of rotatable bonds is 4. The van der Waals surface area contributed by atoms with E-state index in [2.05, 4.69) is 16.6 Å². The van der Waals surface area contributed by atoms with Crippen LogP contribution >= 0.6 is 0 Å². The third-order valence-electron chi connectivity index (χ3n) is 4.01. The molecule has 114 valence electrons. The van der Waals surface area contributed by atoms with Gasteiger partial charge in [-0.05, 0) is 56.4 Å². The van der Waals surface area contributed by atoms with Gasteiger partial charge in [0.15, 0.2) is 0 Å². The molecule has 1 aromatic rings. The molecule has 2 N–H and O–H groups in total. The first-order valence-corrected chi connectivity index (χ1v) is 8.65. The molecule has 21 heavy (non-hydrogen) atoms. The molecule has 0 heterocycles. The molecule has 1 atom stereocenters. The summed E-state index contributed by atoms with van der Waals surface area (Å²) >= 11 is 0. The molecule has 1 aliphatic carbocycles. The largest absolute Gasteiger partial charge is 0.384 e. The minimum Gasteiger partial charge on any atom is -0.384 e. The van der Waals surface area contributed by atoms with Gasteiger partial charge in [0.1, 0.15) is 6.61 Å². The highest BCUT2D eigenvalue weighted by Gasteiger charge is 2.27. The van der Waals surface area contributed by atoms with Crippen LogP contribution in [0.5, 0.6) is 0 Å². The molecule has 1 aliphatic rings. The van der Waals surface area contributed by atoms with Crippen LogP contribution in [0.4, 0.5) is 0 Å². The van der Waals surface area contributed by atoms with Crippen LogP contribution in [0, 0.1) is 24.7 Å². The molecule has 0 radical (unpaired) electrons. The molecule has 4 nitrogen and oxygen atoms in total. The Balaban J connectivity index is 2.18. The molecule has 0 spiro atoms. The Kier molecular flexibility index (Phi) is 5.04. The molecule has 0 bridgehead atoms. The number of sulfonamides is 1. The van der Waals surface area contributed by atoms with Crippen molar-refractivity contribution >= 4 is 10.0 Å². The maximum atomic E-state index is 12.4. The van der Waals surface area contributed by atoms with Gasteiger partial charge < -0.3 is 5.11 Å². The van der Waals surface area contributed by atoms with E-state index in [0.717, 1.165) is 24.0 Å². The topological polar surface area (TPSA) is 66.4 Å². The fraction of sp³-hybridized carbons (Fsp3) is 0.500. The van der Waals surface area contributed by atoms with Gasteiger partial charge in [0.25, 0.3) is 0 Å². The lowest BCUT2D eigenvalue weighted by molar-refractivity contribution is 0.260. The third kappa shape index (κ3) is 3.85. The summed E-state index contributed by atoms with van der Waals surface area (Å²) in [5.74, 6) is 5.82. The Hall–Kier alpha value is -1.35. The Morgan fingerprint density at radius 2 is 2.14 bits per heavy atom. The molecule has 0 amide bonds. The second-order valence-corrected chi connectivity index (χ2v) is 7.25. The Morgan fingerprint density at radius 3 is 2.67 bits per heavy atom. The second-order valence-electron chi connectivity index (χ2n) is 5.54. The number of benzene rings is 1. The van der Waals surface area contributed by atoms with E-state index in [9.17, 15) is 8.42 Å². The van der Waals surface area contributed by atoms with Gasteiger partial charge in [-0.2, -0.15) is 0 Å². The van der Waals surface area contributed by atoms with Crippen LogP contribution in [0.2, 0.25) is 0 Å². The van der Waals surface area contributed by atoms with Crippen molar-refractivity contribution in [2.24, 2.45) is 5.92 Å². The van der Waals surface area contributed by atoms with Crippen LogP contribution in [0.3, 0.4) is 0 Å². The molecule has 2 rings (SSSR count). The Labute approximate surface area is 126 Å². The van der Waals surface area contributed by atoms with Crippen molar-refractivity contribution in [3.63, 3.8) is 0 Å². The Bertz CT molecular complexity index is 666. The summed E-state index contributed by atoms with van der Waals surface area (Å²) < 4.78 is 27.5. The van der Waals surface area contributed by atoms with Gasteiger partial charge in [0, 0.05) is 11.6 Å². The Morgan fingerprint density at radius 1 is 1.43 bits per heavy atom. The quantitative estimate of drug-likeness (QED) is 0.834. The number of hydrogen-bond donors (Lipinski definition) is 2. The standard InChI is InChI=1S/C16H21NO3S/c1-12-11-16(9-8-14(12)7-4-10-18)21(19,20)17-13(2)15-5-3-6-15/h8-9,11,13,15,17-18H,3,5-6,10H2,1-2H3. The van der Waals surface area contributed by atoms with E-state index < -0.39 is 10.0 Å². The van der Waals surface area contributed by atoms with Crippen molar-refractivity contribution in [3.8, 4) is 11.8 Å². The van der Waals surface area contributed by atoms with Crippen LogP contribution < -0.4 is 4.72 Å². The van der Waals surface area contributed by atoms with Crippen molar-refractivity contribution in [1.29, 1.82) is 0 Å². The van der Waals surface area contributed by atoms with Gasteiger partial charge in [0.05, 0.1) is 4.90 Å². The normalized spacial score (nSPS) is 16.7. The molecular weight excluding hydrogens is 286 g/mol. The molecule has 1 saturated carbocycles. The van der Waals surface area contributed by atoms with E-state index in [1.807, 2.05) is 13.8 Å². The van der Waals surface area contributed by atoms with E-state index >= 15 is 0 Å². The van der Waals surface area contributed by atoms with Crippen LogP contribution in [-0.4, -0.2) is 26.2 Å². The highest BCUT2D eigenvalue weighted by molar-refractivity contribution is 7.89. The lowest BCUT2D eigenvalue weighted by Gasteiger charge is -2.31. The zero-order valence-corrected chi connectivity index (χ0v) is 13.2. The predicted octanol–water partition coefficient (Wildman–Crippen LogP) is 1.81. The smallest absolute Gasteiger partial charge is 0.240 e. The maximum Gasteiger partial charge on any atom is 0.240 e. The summed E-state index contributed by atoms with van der Waals surface area (Å²) in [6.07, 6.45) is 3.38. The van der Waals surface area contributed by atoms with E-state index in [1.165, 1.54) is 6.42 Å². The molecular formula is C16H21NO3S. The summed E-state index contributed by atoms with van der Waals surface area (Å²) in [5, 5.41) is 8.70. The molecule has 0 aliphatic heterocycles. The molecule has 0 saturated heterocycles. The summed E-state index contributed by atoms with van der Waals surface area (Å²) in [4.78, 5) is 0.265. The van der Waals surface area contributed by atoms with E-state index in [4.69, 9.17) is 5.11 Å². The van der Waals surface area contributed by atoms with Gasteiger partial charge in [-0.3, -0.25) is 0 Å². The third-order valence-corrected chi connectivity index (χ3v) is 5.56. The van der Waals surface area contributed by atoms with Crippen molar-refractivity contribution in [1.82, 2.24) is 4.72 Å². The number of aliphatic hydroxyl groups excluding tert-OH is 1. The highest BCUT2D eigenvalue weighted by Crippen LogP contribution is 2.30. The van der Waals surface area contributed by atoms with Crippen LogP contribution in [-0.2, 0) is 10.0 Å². The van der Waals surface area contributed by atoms with E-state index in [1.54, 1.807) is 18.2 Å². The molecule has 1 unspecified atom stereocenters. The maximum absolute atomic E-state index is 12.4. The van der Waals surface area contributed by atoms with Gasteiger partial charge >= 0.3 is 0 Å². The summed E-state index contributed by atoms with van der Waals surface area (Å²) in [6.45, 7) is 3.53. The summed E-state index contributed by atoms with van der Waals surface area (Å²) in [5.41, 5.74) is 1.52. The SMILES string of the molecule is Cc1cc(S(=O)(=O)NC(C)C2CCC2)ccc1C#CCO. The fourth-order valence-corrected chi connectivity index (χ4v) is 3.82. The number of hydrogen-bond acceptors (Lipinski definition) is 3. The van der Waals surface area contributed by atoms with Gasteiger partial charge in [-0.25, -0.2) is 13.1 Å². The van der Waals surface area contributed by atoms with Crippen molar-refractivity contribution in [2.75, 3.05) is 6.61 Å². The van der Waals surface area contributed by atoms with E-state index in [0.29, 0.717) is 5.92 Å². The molecule has 1 aromatic carbocycles. The summed E-state index contributed by atoms with van der Waals surface area (Å²) in [6, 6.07) is 4.83. The first-order chi connectivity index (χ1) is 9.94. The number of aryl methyl sites for hydroxylation is 1. The van der Waals surface area contributed by atoms with Crippen molar-refractivity contribution in [3.05, 3.63) is 29.3 Å². The lowest BCUT2D eigenvalue weighted by Crippen LogP contribution is -2.40. The van der Waals surface area contributed by atoms with Crippen LogP contribution in [0.1, 0.15) is 37.3 Å². The molecule has 5 heteroatoms. The lowest BCUT2D eigenvalue weighted by atomic mass is 9.81. The monoisotopic (exact) mass is 307 g/mol. The first-order valence-electron chi connectivity index (χ1n) is 7.17. The highest BCUT2D eigenvalue weighted by atomic mass is 32.2. The fourth-order valence-electron chi connectivity index (χ4n) is 2.43. The molecule has 1 fully saturated rings. The minimum atomic E-state index is -3.49.